The molecule has 7 nitrogen and oxygen atoms in total. The van der Waals surface area contributed by atoms with E-state index >= 15 is 0 Å². The van der Waals surface area contributed by atoms with E-state index in [1.807, 2.05) is 32.0 Å². The van der Waals surface area contributed by atoms with Gasteiger partial charge in [0.25, 0.3) is 5.91 Å². The van der Waals surface area contributed by atoms with Crippen LogP contribution in [-0.2, 0) is 14.3 Å². The van der Waals surface area contributed by atoms with Crippen LogP contribution in [0.25, 0.3) is 0 Å². The number of benzene rings is 1. The molecule has 33 heavy (non-hydrogen) atoms. The summed E-state index contributed by atoms with van der Waals surface area (Å²) in [4.78, 5) is 39.9. The van der Waals surface area contributed by atoms with Crippen molar-refractivity contribution >= 4 is 17.9 Å². The first kappa shape index (κ1) is 26.2. The minimum Gasteiger partial charge on any atom is -0.444 e. The number of aryl methyl sites for hydroxylation is 2. The lowest BCUT2D eigenvalue weighted by Crippen LogP contribution is -2.51. The van der Waals surface area contributed by atoms with Gasteiger partial charge in [0, 0.05) is 12.1 Å². The minimum absolute atomic E-state index is 0.0623. The second-order valence-corrected chi connectivity index (χ2v) is 9.80. The Morgan fingerprint density at radius 3 is 2.30 bits per heavy atom. The predicted octanol–water partition coefficient (Wildman–Crippen LogP) is 4.13. The first-order valence-electron chi connectivity index (χ1n) is 11.6. The molecule has 3 amide bonds. The Hall–Kier alpha value is -3.01. The summed E-state index contributed by atoms with van der Waals surface area (Å²) >= 11 is 0. The Labute approximate surface area is 197 Å². The SMILES string of the molecule is C#CN(C(=O)C(C)NC(=O)OC(C)(C)C)C(C(=O)NC1CCCCC1)c1ccc(C)c(C)c1. The third-order valence-corrected chi connectivity index (χ3v) is 5.78. The molecule has 2 rings (SSSR count). The third kappa shape index (κ3) is 7.52. The Balaban J connectivity index is 2.30. The van der Waals surface area contributed by atoms with Crippen LogP contribution in [-0.4, -0.2) is 40.5 Å². The summed E-state index contributed by atoms with van der Waals surface area (Å²) in [6.07, 6.45) is 10.1. The van der Waals surface area contributed by atoms with Crippen LogP contribution in [0.5, 0.6) is 0 Å². The summed E-state index contributed by atoms with van der Waals surface area (Å²) in [5, 5.41) is 5.61. The molecular formula is C26H37N3O4. The van der Waals surface area contributed by atoms with Crippen molar-refractivity contribution in [3.05, 3.63) is 34.9 Å². The van der Waals surface area contributed by atoms with E-state index in [9.17, 15) is 14.4 Å². The highest BCUT2D eigenvalue weighted by Crippen LogP contribution is 2.26. The lowest BCUT2D eigenvalue weighted by atomic mass is 9.94. The van der Waals surface area contributed by atoms with Gasteiger partial charge in [-0.15, -0.1) is 0 Å². The van der Waals surface area contributed by atoms with Gasteiger partial charge in [0.2, 0.25) is 5.91 Å². The van der Waals surface area contributed by atoms with Gasteiger partial charge in [-0.3, -0.25) is 14.5 Å². The van der Waals surface area contributed by atoms with Crippen molar-refractivity contribution < 1.29 is 19.1 Å². The van der Waals surface area contributed by atoms with E-state index in [2.05, 4.69) is 16.7 Å². The van der Waals surface area contributed by atoms with Gasteiger partial charge >= 0.3 is 6.09 Å². The number of nitrogens with one attached hydrogen (secondary N) is 2. The summed E-state index contributed by atoms with van der Waals surface area (Å²) in [7, 11) is 0. The standard InChI is InChI=1S/C26H37N3O4/c1-8-29(24(31)19(4)27-25(32)33-26(5,6)7)22(20-15-14-17(2)18(3)16-20)23(30)28-21-12-10-9-11-13-21/h1,14-16,19,21-22H,9-13H2,2-7H3,(H,27,32)(H,28,30). The predicted molar refractivity (Wildman–Crippen MR) is 128 cm³/mol. The molecule has 2 N–H and O–H groups in total. The van der Waals surface area contributed by atoms with E-state index in [0.717, 1.165) is 48.1 Å². The van der Waals surface area contributed by atoms with Crippen LogP contribution in [0.1, 0.15) is 82.5 Å². The molecule has 0 radical (unpaired) electrons. The molecule has 1 aromatic rings. The van der Waals surface area contributed by atoms with Gasteiger partial charge in [-0.2, -0.15) is 0 Å². The van der Waals surface area contributed by atoms with Crippen LogP contribution >= 0.6 is 0 Å². The van der Waals surface area contributed by atoms with Crippen LogP contribution in [0.15, 0.2) is 18.2 Å². The van der Waals surface area contributed by atoms with Crippen LogP contribution < -0.4 is 10.6 Å². The highest BCUT2D eigenvalue weighted by atomic mass is 16.6. The molecule has 1 saturated carbocycles. The number of alkyl carbamates (subject to hydrolysis) is 1. The van der Waals surface area contributed by atoms with Gasteiger partial charge in [-0.1, -0.05) is 43.9 Å². The van der Waals surface area contributed by atoms with Gasteiger partial charge in [0.1, 0.15) is 17.7 Å². The molecule has 2 unspecified atom stereocenters. The van der Waals surface area contributed by atoms with E-state index in [1.165, 1.54) is 6.92 Å². The topological polar surface area (TPSA) is 87.7 Å². The Bertz CT molecular complexity index is 907. The monoisotopic (exact) mass is 455 g/mol. The highest BCUT2D eigenvalue weighted by Gasteiger charge is 2.35. The molecule has 1 aliphatic carbocycles. The maximum absolute atomic E-state index is 13.4. The fourth-order valence-corrected chi connectivity index (χ4v) is 3.90. The smallest absolute Gasteiger partial charge is 0.408 e. The largest absolute Gasteiger partial charge is 0.444 e. The quantitative estimate of drug-likeness (QED) is 0.499. The first-order chi connectivity index (χ1) is 15.4. The molecular weight excluding hydrogens is 418 g/mol. The molecule has 1 aromatic carbocycles. The maximum Gasteiger partial charge on any atom is 0.408 e. The number of terminal acetylenes is 1. The zero-order chi connectivity index (χ0) is 24.8. The molecule has 180 valence electrons. The average Bonchev–Trinajstić information content (AvgIpc) is 2.72. The first-order valence-corrected chi connectivity index (χ1v) is 11.6. The van der Waals surface area contributed by atoms with Crippen molar-refractivity contribution in [2.45, 2.75) is 97.4 Å². The lowest BCUT2D eigenvalue weighted by Gasteiger charge is -2.31. The molecule has 1 aliphatic rings. The molecule has 2 atom stereocenters. The van der Waals surface area contributed by atoms with Crippen LogP contribution in [0, 0.1) is 26.3 Å². The number of carbonyl (C=O) groups is 3. The van der Waals surface area contributed by atoms with Crippen LogP contribution in [0.3, 0.4) is 0 Å². The number of amides is 3. The molecule has 7 heteroatoms. The highest BCUT2D eigenvalue weighted by molar-refractivity contribution is 5.93. The van der Waals surface area contributed by atoms with Gasteiger partial charge in [0.15, 0.2) is 0 Å². The maximum atomic E-state index is 13.4. The van der Waals surface area contributed by atoms with E-state index in [4.69, 9.17) is 11.2 Å². The molecule has 0 aliphatic heterocycles. The number of carbonyl (C=O) groups excluding carboxylic acids is 3. The van der Waals surface area contributed by atoms with Gasteiger partial charge < -0.3 is 15.4 Å². The average molecular weight is 456 g/mol. The number of ether oxygens (including phenoxy) is 1. The molecule has 0 aromatic heterocycles. The Morgan fingerprint density at radius 2 is 1.76 bits per heavy atom. The van der Waals surface area contributed by atoms with E-state index in [0.29, 0.717) is 5.56 Å². The zero-order valence-electron chi connectivity index (χ0n) is 20.7. The third-order valence-electron chi connectivity index (χ3n) is 5.78. The van der Waals surface area contributed by atoms with Crippen molar-refractivity contribution in [3.63, 3.8) is 0 Å². The summed E-state index contributed by atoms with van der Waals surface area (Å²) in [6, 6.07) is 6.07. The van der Waals surface area contributed by atoms with E-state index in [1.54, 1.807) is 20.8 Å². The fraction of sp³-hybridized carbons (Fsp3) is 0.577. The van der Waals surface area contributed by atoms with Crippen molar-refractivity contribution in [1.82, 2.24) is 15.5 Å². The van der Waals surface area contributed by atoms with Crippen molar-refractivity contribution in [2.24, 2.45) is 0 Å². The summed E-state index contributed by atoms with van der Waals surface area (Å²) < 4.78 is 5.24. The number of rotatable bonds is 6. The summed E-state index contributed by atoms with van der Waals surface area (Å²) in [6.45, 7) is 10.7. The Kier molecular flexibility index (Phi) is 8.92. The molecule has 0 saturated heterocycles. The van der Waals surface area contributed by atoms with E-state index < -0.39 is 29.7 Å². The summed E-state index contributed by atoms with van der Waals surface area (Å²) in [5.41, 5.74) is 1.98. The number of hydrogen-bond acceptors (Lipinski definition) is 4. The molecule has 1 fully saturated rings. The second-order valence-electron chi connectivity index (χ2n) is 9.80. The normalized spacial score (nSPS) is 16.2. The molecule has 0 spiro atoms. The minimum atomic E-state index is -1.01. The number of hydrogen-bond donors (Lipinski definition) is 2. The second kappa shape index (κ2) is 11.2. The Morgan fingerprint density at radius 1 is 1.12 bits per heavy atom. The lowest BCUT2D eigenvalue weighted by molar-refractivity contribution is -0.138. The van der Waals surface area contributed by atoms with Gasteiger partial charge in [0.05, 0.1) is 0 Å². The van der Waals surface area contributed by atoms with Crippen LogP contribution in [0.4, 0.5) is 4.79 Å². The van der Waals surface area contributed by atoms with Crippen LogP contribution in [0.2, 0.25) is 0 Å². The zero-order valence-corrected chi connectivity index (χ0v) is 20.7. The summed E-state index contributed by atoms with van der Waals surface area (Å²) in [5.74, 6) is -0.883. The molecule has 0 heterocycles. The van der Waals surface area contributed by atoms with Crippen molar-refractivity contribution in [1.29, 1.82) is 0 Å². The molecule has 0 bridgehead atoms. The van der Waals surface area contributed by atoms with Gasteiger partial charge in [-0.25, -0.2) is 4.79 Å². The van der Waals surface area contributed by atoms with E-state index in [-0.39, 0.29) is 11.9 Å². The van der Waals surface area contributed by atoms with Crippen molar-refractivity contribution in [3.8, 4) is 12.5 Å². The fourth-order valence-electron chi connectivity index (χ4n) is 3.90. The van der Waals surface area contributed by atoms with Gasteiger partial charge in [-0.05, 0) is 71.1 Å². The number of nitrogens with zero attached hydrogens (tertiary/aromatic N) is 1. The van der Waals surface area contributed by atoms with Crippen molar-refractivity contribution in [2.75, 3.05) is 0 Å².